The first-order chi connectivity index (χ1) is 10.3. The predicted molar refractivity (Wildman–Crippen MR) is 89.9 cm³/mol. The predicted octanol–water partition coefficient (Wildman–Crippen LogP) is 3.57. The molecule has 2 nitrogen and oxygen atoms in total. The van der Waals surface area contributed by atoms with E-state index in [4.69, 9.17) is 0 Å². The molecule has 2 aliphatic rings. The van der Waals surface area contributed by atoms with Crippen LogP contribution in [-0.4, -0.2) is 37.1 Å². The summed E-state index contributed by atoms with van der Waals surface area (Å²) in [6.45, 7) is 4.89. The van der Waals surface area contributed by atoms with E-state index in [-0.39, 0.29) is 0 Å². The molecule has 21 heavy (non-hydrogen) atoms. The number of aryl methyl sites for hydroxylation is 1. The summed E-state index contributed by atoms with van der Waals surface area (Å²) in [4.78, 5) is 2.78. The zero-order chi connectivity index (χ0) is 14.7. The summed E-state index contributed by atoms with van der Waals surface area (Å²) >= 11 is 0. The van der Waals surface area contributed by atoms with Crippen molar-refractivity contribution in [2.75, 3.05) is 20.1 Å². The second-order valence-electron chi connectivity index (χ2n) is 6.92. The van der Waals surface area contributed by atoms with Crippen LogP contribution < -0.4 is 5.32 Å². The zero-order valence-electron chi connectivity index (χ0n) is 13.6. The highest BCUT2D eigenvalue weighted by Gasteiger charge is 2.30. The van der Waals surface area contributed by atoms with Gasteiger partial charge in [-0.2, -0.15) is 0 Å². The second kappa shape index (κ2) is 6.93. The van der Waals surface area contributed by atoms with Crippen LogP contribution in [0.5, 0.6) is 0 Å². The zero-order valence-corrected chi connectivity index (χ0v) is 13.6. The van der Waals surface area contributed by atoms with Crippen molar-refractivity contribution in [1.29, 1.82) is 0 Å². The molecule has 1 aliphatic heterocycles. The quantitative estimate of drug-likeness (QED) is 0.910. The summed E-state index contributed by atoms with van der Waals surface area (Å²) in [6, 6.07) is 10.5. The van der Waals surface area contributed by atoms with Crippen molar-refractivity contribution in [2.45, 2.75) is 63.5 Å². The second-order valence-corrected chi connectivity index (χ2v) is 6.92. The van der Waals surface area contributed by atoms with Gasteiger partial charge >= 0.3 is 0 Å². The first kappa shape index (κ1) is 15.1. The fourth-order valence-electron chi connectivity index (χ4n) is 4.33. The van der Waals surface area contributed by atoms with Crippen LogP contribution in [0.2, 0.25) is 0 Å². The molecule has 3 rings (SSSR count). The van der Waals surface area contributed by atoms with Gasteiger partial charge < -0.3 is 5.32 Å². The maximum absolute atomic E-state index is 3.48. The van der Waals surface area contributed by atoms with Gasteiger partial charge in [0, 0.05) is 18.6 Å². The molecular weight excluding hydrogens is 256 g/mol. The summed E-state index contributed by atoms with van der Waals surface area (Å²) in [7, 11) is 2.10. The van der Waals surface area contributed by atoms with Crippen LogP contribution >= 0.6 is 0 Å². The Hall–Kier alpha value is -0.860. The van der Waals surface area contributed by atoms with Crippen molar-refractivity contribution >= 4 is 0 Å². The number of nitrogens with zero attached hydrogens (tertiary/aromatic N) is 1. The topological polar surface area (TPSA) is 15.3 Å². The number of fused-ring (bicyclic) bond motifs is 1. The molecule has 3 unspecified atom stereocenters. The number of likely N-dealkylation sites (N-methyl/N-ethyl adjacent to an activating group) is 1. The maximum atomic E-state index is 3.48. The molecule has 0 aromatic heterocycles. The van der Waals surface area contributed by atoms with Crippen molar-refractivity contribution in [3.8, 4) is 0 Å². The summed E-state index contributed by atoms with van der Waals surface area (Å²) in [6.07, 6.45) is 8.14. The van der Waals surface area contributed by atoms with Gasteiger partial charge in [-0.25, -0.2) is 0 Å². The van der Waals surface area contributed by atoms with Gasteiger partial charge in [0.1, 0.15) is 0 Å². The smallest absolute Gasteiger partial charge is 0.0246 e. The average Bonchev–Trinajstić information content (AvgIpc) is 2.55. The normalized spacial score (nSPS) is 28.1. The third kappa shape index (κ3) is 3.32. The molecule has 116 valence electrons. The van der Waals surface area contributed by atoms with Crippen LogP contribution in [0.4, 0.5) is 0 Å². The molecule has 0 saturated carbocycles. The van der Waals surface area contributed by atoms with Gasteiger partial charge in [0.25, 0.3) is 0 Å². The standard InChI is InChI=1S/C19H30N2/c1-15(20-2)19-12-5-6-13-21(19)14-17-10-7-9-16-8-3-4-11-18(16)17/h3-4,8,11,15,17,19-20H,5-7,9-10,12-14H2,1-2H3. The Kier molecular flexibility index (Phi) is 4.97. The first-order valence-corrected chi connectivity index (χ1v) is 8.78. The van der Waals surface area contributed by atoms with Crippen molar-refractivity contribution in [2.24, 2.45) is 0 Å². The fraction of sp³-hybridized carbons (Fsp3) is 0.684. The largest absolute Gasteiger partial charge is 0.316 e. The number of likely N-dealkylation sites (tertiary alicyclic amines) is 1. The summed E-state index contributed by atoms with van der Waals surface area (Å²) in [5.74, 6) is 0.750. The minimum Gasteiger partial charge on any atom is -0.316 e. The first-order valence-electron chi connectivity index (χ1n) is 8.78. The van der Waals surface area contributed by atoms with Crippen LogP contribution in [0.1, 0.15) is 56.1 Å². The summed E-state index contributed by atoms with van der Waals surface area (Å²) in [5.41, 5.74) is 3.23. The lowest BCUT2D eigenvalue weighted by Crippen LogP contribution is -2.51. The highest BCUT2D eigenvalue weighted by Crippen LogP contribution is 2.33. The van der Waals surface area contributed by atoms with Crippen LogP contribution in [0.3, 0.4) is 0 Å². The van der Waals surface area contributed by atoms with Gasteiger partial charge in [-0.05, 0) is 69.7 Å². The highest BCUT2D eigenvalue weighted by atomic mass is 15.2. The Bertz CT molecular complexity index is 457. The maximum Gasteiger partial charge on any atom is 0.0246 e. The van der Waals surface area contributed by atoms with Gasteiger partial charge in [0.2, 0.25) is 0 Å². The van der Waals surface area contributed by atoms with E-state index in [1.165, 1.54) is 51.6 Å². The van der Waals surface area contributed by atoms with E-state index >= 15 is 0 Å². The van der Waals surface area contributed by atoms with Crippen molar-refractivity contribution in [3.63, 3.8) is 0 Å². The Morgan fingerprint density at radius 3 is 2.90 bits per heavy atom. The third-order valence-electron chi connectivity index (χ3n) is 5.65. The number of hydrogen-bond donors (Lipinski definition) is 1. The molecular formula is C19H30N2. The van der Waals surface area contributed by atoms with Gasteiger partial charge in [0.15, 0.2) is 0 Å². The lowest BCUT2D eigenvalue weighted by molar-refractivity contribution is 0.111. The van der Waals surface area contributed by atoms with Crippen molar-refractivity contribution in [3.05, 3.63) is 35.4 Å². The van der Waals surface area contributed by atoms with E-state index in [1.54, 1.807) is 11.1 Å². The average molecular weight is 286 g/mol. The Labute approximate surface area is 129 Å². The van der Waals surface area contributed by atoms with Gasteiger partial charge in [-0.1, -0.05) is 30.7 Å². The SMILES string of the molecule is CNC(C)C1CCCCN1CC1CCCc2ccccc21. The minimum atomic E-state index is 0.601. The molecule has 1 N–H and O–H groups in total. The summed E-state index contributed by atoms with van der Waals surface area (Å²) < 4.78 is 0. The van der Waals surface area contributed by atoms with Crippen LogP contribution in [0, 0.1) is 0 Å². The van der Waals surface area contributed by atoms with E-state index in [2.05, 4.69) is 48.5 Å². The van der Waals surface area contributed by atoms with E-state index in [9.17, 15) is 0 Å². The number of rotatable bonds is 4. The number of hydrogen-bond acceptors (Lipinski definition) is 2. The Morgan fingerprint density at radius 2 is 2.05 bits per heavy atom. The molecule has 1 saturated heterocycles. The van der Waals surface area contributed by atoms with Crippen LogP contribution in [0.25, 0.3) is 0 Å². The lowest BCUT2D eigenvalue weighted by Gasteiger charge is -2.42. The number of benzene rings is 1. The minimum absolute atomic E-state index is 0.601. The molecule has 0 bridgehead atoms. The summed E-state index contributed by atoms with van der Waals surface area (Å²) in [5, 5.41) is 3.48. The lowest BCUT2D eigenvalue weighted by atomic mass is 9.81. The molecule has 0 amide bonds. The monoisotopic (exact) mass is 286 g/mol. The molecule has 1 aromatic carbocycles. The molecule has 1 aromatic rings. The molecule has 2 heteroatoms. The van der Waals surface area contributed by atoms with Crippen LogP contribution in [0.15, 0.2) is 24.3 Å². The van der Waals surface area contributed by atoms with Gasteiger partial charge in [-0.15, -0.1) is 0 Å². The Balaban J connectivity index is 1.73. The van der Waals surface area contributed by atoms with Crippen LogP contribution in [-0.2, 0) is 6.42 Å². The van der Waals surface area contributed by atoms with E-state index < -0.39 is 0 Å². The Morgan fingerprint density at radius 1 is 1.19 bits per heavy atom. The molecule has 1 fully saturated rings. The van der Waals surface area contributed by atoms with Crippen molar-refractivity contribution in [1.82, 2.24) is 10.2 Å². The third-order valence-corrected chi connectivity index (χ3v) is 5.65. The van der Waals surface area contributed by atoms with E-state index in [0.717, 1.165) is 12.0 Å². The van der Waals surface area contributed by atoms with Gasteiger partial charge in [-0.3, -0.25) is 4.90 Å². The molecule has 0 radical (unpaired) electrons. The fourth-order valence-corrected chi connectivity index (χ4v) is 4.33. The van der Waals surface area contributed by atoms with E-state index in [0.29, 0.717) is 6.04 Å². The number of nitrogens with one attached hydrogen (secondary N) is 1. The molecule has 1 aliphatic carbocycles. The molecule has 3 atom stereocenters. The molecule has 0 spiro atoms. The highest BCUT2D eigenvalue weighted by molar-refractivity contribution is 5.32. The van der Waals surface area contributed by atoms with Gasteiger partial charge in [0.05, 0.1) is 0 Å². The van der Waals surface area contributed by atoms with Crippen molar-refractivity contribution < 1.29 is 0 Å². The molecule has 1 heterocycles. The van der Waals surface area contributed by atoms with E-state index in [1.807, 2.05) is 0 Å². The number of piperidine rings is 1.